The van der Waals surface area contributed by atoms with Gasteiger partial charge in [0.1, 0.15) is 5.82 Å². The van der Waals surface area contributed by atoms with Crippen molar-refractivity contribution in [2.75, 3.05) is 9.80 Å². The van der Waals surface area contributed by atoms with Gasteiger partial charge in [-0.05, 0) is 95.4 Å². The number of hydrogen-bond acceptors (Lipinski definition) is 4. The molecular formula is C54H33BN6Pt. The van der Waals surface area contributed by atoms with Crippen LogP contribution in [0.5, 0.6) is 0 Å². The molecule has 2 aliphatic heterocycles. The van der Waals surface area contributed by atoms with Crippen LogP contribution in [0.2, 0.25) is 0 Å². The Morgan fingerprint density at radius 1 is 0.452 bits per heavy atom. The van der Waals surface area contributed by atoms with Gasteiger partial charge in [-0.1, -0.05) is 108 Å². The van der Waals surface area contributed by atoms with E-state index in [1.165, 1.54) is 5.46 Å². The van der Waals surface area contributed by atoms with Gasteiger partial charge in [0.25, 0.3) is 0 Å². The van der Waals surface area contributed by atoms with Crippen molar-refractivity contribution >= 4 is 90.1 Å². The van der Waals surface area contributed by atoms with Crippen LogP contribution in [-0.2, 0) is 21.1 Å². The van der Waals surface area contributed by atoms with E-state index in [1.807, 2.05) is 12.3 Å². The van der Waals surface area contributed by atoms with Crippen molar-refractivity contribution in [3.05, 3.63) is 212 Å². The summed E-state index contributed by atoms with van der Waals surface area (Å²) in [4.78, 5) is 15.0. The van der Waals surface area contributed by atoms with Crippen molar-refractivity contribution in [2.45, 2.75) is 0 Å². The molecule has 62 heavy (non-hydrogen) atoms. The van der Waals surface area contributed by atoms with E-state index in [4.69, 9.17) is 9.97 Å². The normalized spacial score (nSPS) is 12.6. The topological polar surface area (TPSA) is 42.1 Å². The molecule has 0 saturated carbocycles. The number of rotatable bonds is 5. The van der Waals surface area contributed by atoms with E-state index in [9.17, 15) is 0 Å². The molecule has 0 bridgehead atoms. The number of hydrogen-bond donors (Lipinski definition) is 0. The first-order chi connectivity index (χ1) is 30.3. The summed E-state index contributed by atoms with van der Waals surface area (Å²) in [7, 11) is 0. The molecule has 5 heterocycles. The Kier molecular flexibility index (Phi) is 8.41. The molecule has 8 aromatic carbocycles. The Bertz CT molecular complexity index is 3500. The summed E-state index contributed by atoms with van der Waals surface area (Å²) in [6.45, 7) is -0.217. The summed E-state index contributed by atoms with van der Waals surface area (Å²) in [5.41, 5.74) is 16.0. The van der Waals surface area contributed by atoms with E-state index >= 15 is 0 Å². The molecular weight excluding hydrogens is 939 g/mol. The fraction of sp³-hybridized carbons (Fsp3) is 0. The molecule has 3 aromatic heterocycles. The van der Waals surface area contributed by atoms with Gasteiger partial charge in [0.05, 0.1) is 16.9 Å². The maximum Gasteiger partial charge on any atom is 2.00 e. The van der Waals surface area contributed by atoms with Crippen molar-refractivity contribution in [3.8, 4) is 22.9 Å². The summed E-state index contributed by atoms with van der Waals surface area (Å²) < 4.78 is 4.53. The van der Waals surface area contributed by atoms with Gasteiger partial charge in [-0.25, -0.2) is 4.98 Å². The Morgan fingerprint density at radius 3 is 1.77 bits per heavy atom. The largest absolute Gasteiger partial charge is 2.00 e. The molecule has 8 heteroatoms. The molecule has 0 amide bonds. The van der Waals surface area contributed by atoms with Crippen LogP contribution in [0.4, 0.5) is 34.1 Å². The zero-order valence-electron chi connectivity index (χ0n) is 33.1. The average Bonchev–Trinajstić information content (AvgIpc) is 3.88. The van der Waals surface area contributed by atoms with E-state index in [1.54, 1.807) is 0 Å². The average molecular weight is 972 g/mol. The molecule has 0 atom stereocenters. The number of fused-ring (bicyclic) bond motifs is 8. The molecule has 0 aliphatic carbocycles. The number of anilines is 6. The predicted molar refractivity (Wildman–Crippen MR) is 250 cm³/mol. The fourth-order valence-corrected chi connectivity index (χ4v) is 9.79. The van der Waals surface area contributed by atoms with Crippen molar-refractivity contribution < 1.29 is 21.1 Å². The summed E-state index contributed by atoms with van der Waals surface area (Å²) in [5, 5.41) is 2.28. The van der Waals surface area contributed by atoms with E-state index in [-0.39, 0.29) is 27.8 Å². The number of aromatic nitrogens is 4. The van der Waals surface area contributed by atoms with Crippen LogP contribution < -0.4 is 26.2 Å². The molecule has 6 nitrogen and oxygen atoms in total. The molecule has 0 N–H and O–H groups in total. The summed E-state index contributed by atoms with van der Waals surface area (Å²) >= 11 is 0. The van der Waals surface area contributed by atoms with Gasteiger partial charge in [0, 0.05) is 40.2 Å². The number of nitrogens with zero attached hydrogens (tertiary/aromatic N) is 6. The molecule has 0 saturated heterocycles. The Hall–Kier alpha value is -7.47. The SMILES string of the molecule is [Pt+2].[c-]1c(-c2nc3ccccc3n2-c2ccccc2)ccc2c1B1c3[c-]c4c(cc3N(c3ccccc3)c3cccc(c31)N2c1ccccc1)c1ccccc1n4-c1ccccn1. The standard InChI is InChI=1S/C54H33BN6.Pt/c1-4-17-37(18-5-1)58-46-31-30-36(54-57-44-24-11-13-26-47(44)60(54)39-21-8-3-9-22-39)33-42(46)55-43-35-50-41(40-23-10-12-25-45(40)61(50)52-29-14-15-32-56-52)34-51(43)59(38-19-6-2-7-20-38)49-28-16-27-48(58)53(49)55;/h1-32,34H;/q-2;+2. The van der Waals surface area contributed by atoms with Crippen LogP contribution in [0, 0.1) is 12.1 Å². The van der Waals surface area contributed by atoms with Crippen molar-refractivity contribution in [3.63, 3.8) is 0 Å². The molecule has 0 fully saturated rings. The maximum absolute atomic E-state index is 5.31. The van der Waals surface area contributed by atoms with Crippen LogP contribution >= 0.6 is 0 Å². The van der Waals surface area contributed by atoms with E-state index in [0.29, 0.717) is 0 Å². The molecule has 0 radical (unpaired) electrons. The first kappa shape index (κ1) is 36.4. The number of pyridine rings is 1. The number of imidazole rings is 1. The van der Waals surface area contributed by atoms with E-state index in [2.05, 4.69) is 219 Å². The summed E-state index contributed by atoms with van der Waals surface area (Å²) in [6.07, 6.45) is 1.86. The van der Waals surface area contributed by atoms with Gasteiger partial charge < -0.3 is 18.9 Å². The van der Waals surface area contributed by atoms with Crippen LogP contribution in [-0.4, -0.2) is 25.8 Å². The van der Waals surface area contributed by atoms with Gasteiger partial charge in [-0.2, -0.15) is 11.5 Å². The minimum atomic E-state index is -0.217. The Balaban J connectivity index is 0.00000410. The molecule has 292 valence electrons. The van der Waals surface area contributed by atoms with Gasteiger partial charge in [0.2, 0.25) is 6.71 Å². The van der Waals surface area contributed by atoms with Crippen molar-refractivity contribution in [1.29, 1.82) is 0 Å². The van der Waals surface area contributed by atoms with Crippen LogP contribution in [0.1, 0.15) is 0 Å². The Labute approximate surface area is 373 Å². The van der Waals surface area contributed by atoms with Gasteiger partial charge >= 0.3 is 21.1 Å². The third-order valence-corrected chi connectivity index (χ3v) is 12.3. The van der Waals surface area contributed by atoms with Crippen molar-refractivity contribution in [1.82, 2.24) is 19.1 Å². The summed E-state index contributed by atoms with van der Waals surface area (Å²) in [6, 6.07) is 76.8. The first-order valence-electron chi connectivity index (χ1n) is 20.6. The minimum absolute atomic E-state index is 0. The van der Waals surface area contributed by atoms with Crippen LogP contribution in [0.15, 0.2) is 200 Å². The second-order valence-corrected chi connectivity index (χ2v) is 15.6. The van der Waals surface area contributed by atoms with Crippen LogP contribution in [0.25, 0.3) is 55.7 Å². The monoisotopic (exact) mass is 971 g/mol. The van der Waals surface area contributed by atoms with E-state index in [0.717, 1.165) is 101 Å². The molecule has 2 aliphatic rings. The maximum atomic E-state index is 5.31. The summed E-state index contributed by atoms with van der Waals surface area (Å²) in [5.74, 6) is 1.70. The first-order valence-corrected chi connectivity index (χ1v) is 20.6. The third-order valence-electron chi connectivity index (χ3n) is 12.3. The van der Waals surface area contributed by atoms with Gasteiger partial charge in [0.15, 0.2) is 0 Å². The van der Waals surface area contributed by atoms with Gasteiger partial charge in [-0.15, -0.1) is 40.7 Å². The predicted octanol–water partition coefficient (Wildman–Crippen LogP) is 10.9. The molecule has 0 spiro atoms. The second kappa shape index (κ2) is 14.3. The van der Waals surface area contributed by atoms with Gasteiger partial charge in [-0.3, -0.25) is 4.98 Å². The smallest absolute Gasteiger partial charge is 0.366 e. The Morgan fingerprint density at radius 2 is 1.06 bits per heavy atom. The second-order valence-electron chi connectivity index (χ2n) is 15.6. The van der Waals surface area contributed by atoms with Crippen LogP contribution in [0.3, 0.4) is 0 Å². The van der Waals surface area contributed by atoms with Crippen molar-refractivity contribution in [2.24, 2.45) is 0 Å². The minimum Gasteiger partial charge on any atom is -0.366 e. The fourth-order valence-electron chi connectivity index (χ4n) is 9.79. The zero-order valence-corrected chi connectivity index (χ0v) is 35.4. The number of para-hydroxylation sites is 6. The zero-order chi connectivity index (χ0) is 40.0. The third kappa shape index (κ3) is 5.35. The molecule has 0 unspecified atom stereocenters. The molecule has 11 aromatic rings. The quantitative estimate of drug-likeness (QED) is 0.127. The molecule has 13 rings (SSSR count). The number of benzene rings is 8. The van der Waals surface area contributed by atoms with E-state index < -0.39 is 0 Å².